The Hall–Kier alpha value is -1.01. The van der Waals surface area contributed by atoms with E-state index in [9.17, 15) is 0 Å². The highest BCUT2D eigenvalue weighted by molar-refractivity contribution is 9.10. The number of hydrogen-bond donors (Lipinski definition) is 3. The lowest BCUT2D eigenvalue weighted by atomic mass is 10.3. The summed E-state index contributed by atoms with van der Waals surface area (Å²) < 4.78 is 0.953. The van der Waals surface area contributed by atoms with Crippen LogP contribution in [0.3, 0.4) is 0 Å². The number of benzene rings is 1. The number of halogens is 3. The van der Waals surface area contributed by atoms with Gasteiger partial charge in [0.15, 0.2) is 11.6 Å². The summed E-state index contributed by atoms with van der Waals surface area (Å²) in [7, 11) is 0. The van der Waals surface area contributed by atoms with Crippen LogP contribution < -0.4 is 16.6 Å². The Labute approximate surface area is 123 Å². The number of nitrogens with two attached hydrogens (primary N) is 1. The molecule has 0 atom stereocenters. The van der Waals surface area contributed by atoms with Crippen molar-refractivity contribution in [3.05, 3.63) is 44.8 Å². The molecule has 0 aliphatic heterocycles. The molecule has 0 amide bonds. The lowest BCUT2D eigenvalue weighted by Gasteiger charge is -2.10. The van der Waals surface area contributed by atoms with Gasteiger partial charge in [-0.3, -0.25) is 0 Å². The lowest BCUT2D eigenvalue weighted by Crippen LogP contribution is -2.10. The minimum atomic E-state index is 0.360. The van der Waals surface area contributed by atoms with Gasteiger partial charge in [-0.2, -0.15) is 0 Å². The molecular formula is C11H9BrCl2N4. The van der Waals surface area contributed by atoms with Gasteiger partial charge in [0.2, 0.25) is 0 Å². The van der Waals surface area contributed by atoms with Crippen LogP contribution in [0.2, 0.25) is 10.0 Å². The van der Waals surface area contributed by atoms with Crippen LogP contribution in [0.25, 0.3) is 0 Å². The second-order valence-corrected chi connectivity index (χ2v) is 5.16. The van der Waals surface area contributed by atoms with Crippen LogP contribution in [-0.2, 0) is 0 Å². The van der Waals surface area contributed by atoms with Crippen molar-refractivity contribution in [3.63, 3.8) is 0 Å². The molecule has 2 rings (SSSR count). The van der Waals surface area contributed by atoms with E-state index in [0.29, 0.717) is 21.7 Å². The lowest BCUT2D eigenvalue weighted by molar-refractivity contribution is 1.22. The number of nitrogens with one attached hydrogen (secondary N) is 2. The number of nitrogen functional groups attached to an aromatic ring is 1. The van der Waals surface area contributed by atoms with Crippen molar-refractivity contribution in [2.75, 3.05) is 10.7 Å². The van der Waals surface area contributed by atoms with Crippen molar-refractivity contribution in [2.45, 2.75) is 0 Å². The van der Waals surface area contributed by atoms with Gasteiger partial charge in [0.1, 0.15) is 0 Å². The molecule has 0 spiro atoms. The molecule has 0 saturated carbocycles. The Morgan fingerprint density at radius 3 is 2.50 bits per heavy atom. The average Bonchev–Trinajstić information content (AvgIpc) is 2.33. The number of aromatic nitrogens is 1. The first-order chi connectivity index (χ1) is 8.60. The van der Waals surface area contributed by atoms with Gasteiger partial charge in [0, 0.05) is 10.2 Å². The second kappa shape index (κ2) is 5.75. The van der Waals surface area contributed by atoms with Crippen molar-refractivity contribution >= 4 is 56.5 Å². The van der Waals surface area contributed by atoms with Crippen LogP contribution in [0.1, 0.15) is 0 Å². The Morgan fingerprint density at radius 1 is 1.11 bits per heavy atom. The highest BCUT2D eigenvalue weighted by Gasteiger charge is 2.08. The normalized spacial score (nSPS) is 10.2. The predicted molar refractivity (Wildman–Crippen MR) is 79.5 cm³/mol. The summed E-state index contributed by atoms with van der Waals surface area (Å²) in [6, 6.07) is 9.20. The molecule has 18 heavy (non-hydrogen) atoms. The van der Waals surface area contributed by atoms with Gasteiger partial charge in [-0.05, 0) is 24.3 Å². The van der Waals surface area contributed by atoms with Crippen molar-refractivity contribution < 1.29 is 0 Å². The first-order valence-corrected chi connectivity index (χ1v) is 6.50. The highest BCUT2D eigenvalue weighted by Crippen LogP contribution is 2.31. The molecule has 4 N–H and O–H groups in total. The third-order valence-corrected chi connectivity index (χ3v) is 3.22. The van der Waals surface area contributed by atoms with Crippen molar-refractivity contribution in [3.8, 4) is 0 Å². The van der Waals surface area contributed by atoms with Gasteiger partial charge >= 0.3 is 0 Å². The van der Waals surface area contributed by atoms with E-state index in [0.717, 1.165) is 10.2 Å². The molecule has 2 aromatic rings. The maximum atomic E-state index is 6.06. The fraction of sp³-hybridized carbons (Fsp3) is 0. The summed E-state index contributed by atoms with van der Waals surface area (Å²) in [6.45, 7) is 0. The van der Waals surface area contributed by atoms with E-state index in [1.807, 2.05) is 24.3 Å². The molecule has 0 aliphatic carbocycles. The molecule has 7 heteroatoms. The Balaban J connectivity index is 2.34. The molecule has 4 nitrogen and oxygen atoms in total. The number of nitrogens with zero attached hydrogens (tertiary/aromatic N) is 1. The third-order valence-electron chi connectivity index (χ3n) is 2.15. The van der Waals surface area contributed by atoms with E-state index < -0.39 is 0 Å². The fourth-order valence-corrected chi connectivity index (χ4v) is 2.22. The van der Waals surface area contributed by atoms with Crippen molar-refractivity contribution in [1.82, 2.24) is 4.98 Å². The van der Waals surface area contributed by atoms with Gasteiger partial charge < -0.3 is 10.7 Å². The van der Waals surface area contributed by atoms with E-state index in [1.54, 1.807) is 6.07 Å². The zero-order valence-electron chi connectivity index (χ0n) is 9.05. The molecule has 0 fully saturated rings. The standard InChI is InChI=1S/C11H9BrCl2N4/c12-6-2-1-3-7(4-6)16-10-8(13)5-9(14)11(17-10)18-15/h1-5H,15H2,(H2,16,17,18). The summed E-state index contributed by atoms with van der Waals surface area (Å²) in [5.74, 6) is 6.15. The Kier molecular flexibility index (Phi) is 4.29. The molecule has 0 aliphatic rings. The molecule has 0 unspecified atom stereocenters. The number of hydrogen-bond acceptors (Lipinski definition) is 4. The van der Waals surface area contributed by atoms with Crippen LogP contribution in [0, 0.1) is 0 Å². The van der Waals surface area contributed by atoms with Crippen LogP contribution in [0.4, 0.5) is 17.3 Å². The van der Waals surface area contributed by atoms with E-state index in [-0.39, 0.29) is 0 Å². The molecule has 0 saturated heterocycles. The molecule has 0 bridgehead atoms. The van der Waals surface area contributed by atoms with Crippen LogP contribution in [0.15, 0.2) is 34.8 Å². The summed E-state index contributed by atoms with van der Waals surface area (Å²) in [5.41, 5.74) is 3.26. The average molecular weight is 348 g/mol. The topological polar surface area (TPSA) is 63.0 Å². The SMILES string of the molecule is NNc1nc(Nc2cccc(Br)c2)c(Cl)cc1Cl. The van der Waals surface area contributed by atoms with Crippen molar-refractivity contribution in [2.24, 2.45) is 5.84 Å². The van der Waals surface area contributed by atoms with E-state index in [4.69, 9.17) is 29.0 Å². The second-order valence-electron chi connectivity index (χ2n) is 3.43. The smallest absolute Gasteiger partial charge is 0.161 e. The summed E-state index contributed by atoms with van der Waals surface area (Å²) >= 11 is 15.4. The fourth-order valence-electron chi connectivity index (χ4n) is 1.36. The maximum Gasteiger partial charge on any atom is 0.161 e. The van der Waals surface area contributed by atoms with E-state index >= 15 is 0 Å². The number of hydrazine groups is 1. The molecule has 1 aromatic carbocycles. The number of pyridine rings is 1. The minimum Gasteiger partial charge on any atom is -0.339 e. The van der Waals surface area contributed by atoms with Gasteiger partial charge in [0.25, 0.3) is 0 Å². The van der Waals surface area contributed by atoms with Gasteiger partial charge in [-0.15, -0.1) is 0 Å². The van der Waals surface area contributed by atoms with Crippen LogP contribution in [0.5, 0.6) is 0 Å². The monoisotopic (exact) mass is 346 g/mol. The third kappa shape index (κ3) is 3.05. The van der Waals surface area contributed by atoms with Gasteiger partial charge in [0.05, 0.1) is 10.0 Å². The van der Waals surface area contributed by atoms with Crippen LogP contribution >= 0.6 is 39.1 Å². The van der Waals surface area contributed by atoms with Gasteiger partial charge in [-0.25, -0.2) is 10.8 Å². The quantitative estimate of drug-likeness (QED) is 0.575. The zero-order valence-corrected chi connectivity index (χ0v) is 12.1. The molecule has 1 aromatic heterocycles. The summed E-state index contributed by atoms with van der Waals surface area (Å²) in [6.07, 6.45) is 0. The molecule has 0 radical (unpaired) electrons. The number of anilines is 3. The van der Waals surface area contributed by atoms with Crippen molar-refractivity contribution in [1.29, 1.82) is 0 Å². The minimum absolute atomic E-state index is 0.360. The summed E-state index contributed by atoms with van der Waals surface area (Å²) in [5, 5.41) is 3.87. The first kappa shape index (κ1) is 13.4. The van der Waals surface area contributed by atoms with Crippen LogP contribution in [-0.4, -0.2) is 4.98 Å². The number of rotatable bonds is 3. The maximum absolute atomic E-state index is 6.06. The highest BCUT2D eigenvalue weighted by atomic mass is 79.9. The molecular weight excluding hydrogens is 339 g/mol. The summed E-state index contributed by atoms with van der Waals surface area (Å²) in [4.78, 5) is 4.19. The van der Waals surface area contributed by atoms with Gasteiger partial charge in [-0.1, -0.05) is 45.2 Å². The molecule has 1 heterocycles. The Morgan fingerprint density at radius 2 is 1.83 bits per heavy atom. The predicted octanol–water partition coefficient (Wildman–Crippen LogP) is 4.18. The zero-order chi connectivity index (χ0) is 13.1. The molecule has 94 valence electrons. The Bertz CT molecular complexity index is 577. The first-order valence-electron chi connectivity index (χ1n) is 4.95. The van der Waals surface area contributed by atoms with E-state index in [2.05, 4.69) is 31.7 Å². The van der Waals surface area contributed by atoms with E-state index in [1.165, 1.54) is 0 Å². The largest absolute Gasteiger partial charge is 0.339 e.